The first-order chi connectivity index (χ1) is 9.19. The molecule has 104 valence electrons. The molecule has 0 atom stereocenters. The highest BCUT2D eigenvalue weighted by molar-refractivity contribution is 5.92. The molecule has 1 aliphatic rings. The number of benzene rings is 1. The summed E-state index contributed by atoms with van der Waals surface area (Å²) in [5, 5.41) is 3.11. The molecule has 0 amide bonds. The van der Waals surface area contributed by atoms with E-state index in [1.54, 1.807) is 0 Å². The highest BCUT2D eigenvalue weighted by Crippen LogP contribution is 2.25. The van der Waals surface area contributed by atoms with Gasteiger partial charge in [-0.1, -0.05) is 24.6 Å². The number of rotatable bonds is 6. The van der Waals surface area contributed by atoms with Crippen molar-refractivity contribution in [3.63, 3.8) is 0 Å². The highest BCUT2D eigenvalue weighted by atomic mass is 15.2. The molecule has 4 heteroatoms. The Kier molecular flexibility index (Phi) is 4.80. The van der Waals surface area contributed by atoms with E-state index >= 15 is 0 Å². The van der Waals surface area contributed by atoms with Gasteiger partial charge in [0.05, 0.1) is 6.54 Å². The van der Waals surface area contributed by atoms with E-state index in [2.05, 4.69) is 41.2 Å². The van der Waals surface area contributed by atoms with Gasteiger partial charge < -0.3 is 11.1 Å². The standard InChI is InChI=1S/C15H24N4/c1-3-19(14-8-9-14)11-10-17-15(16)18-13-6-4-12(2)5-7-13/h4-7,14H,3,8-11H2,1-2H3,(H3,16,17,18). The van der Waals surface area contributed by atoms with Crippen LogP contribution in [0.15, 0.2) is 29.3 Å². The van der Waals surface area contributed by atoms with Crippen molar-refractivity contribution in [2.75, 3.05) is 25.0 Å². The average molecular weight is 260 g/mol. The zero-order chi connectivity index (χ0) is 13.7. The first-order valence-corrected chi connectivity index (χ1v) is 7.06. The van der Waals surface area contributed by atoms with Crippen molar-refractivity contribution in [1.29, 1.82) is 0 Å². The van der Waals surface area contributed by atoms with Gasteiger partial charge in [-0.15, -0.1) is 0 Å². The third kappa shape index (κ3) is 4.56. The molecule has 0 aromatic heterocycles. The van der Waals surface area contributed by atoms with Gasteiger partial charge in [-0.05, 0) is 38.4 Å². The lowest BCUT2D eigenvalue weighted by Crippen LogP contribution is -2.30. The molecule has 1 fully saturated rings. The minimum absolute atomic E-state index is 0.496. The summed E-state index contributed by atoms with van der Waals surface area (Å²) in [4.78, 5) is 6.86. The molecule has 1 aromatic rings. The second kappa shape index (κ2) is 6.57. The van der Waals surface area contributed by atoms with Crippen LogP contribution in [0, 0.1) is 6.92 Å². The summed E-state index contributed by atoms with van der Waals surface area (Å²) in [7, 11) is 0. The zero-order valence-electron chi connectivity index (χ0n) is 11.9. The molecule has 0 heterocycles. The molecule has 19 heavy (non-hydrogen) atoms. The summed E-state index contributed by atoms with van der Waals surface area (Å²) in [5.41, 5.74) is 8.11. The second-order valence-electron chi connectivity index (χ2n) is 5.12. The number of nitrogens with one attached hydrogen (secondary N) is 1. The summed E-state index contributed by atoms with van der Waals surface area (Å²) in [6, 6.07) is 8.94. The monoisotopic (exact) mass is 260 g/mol. The molecule has 4 nitrogen and oxygen atoms in total. The Hall–Kier alpha value is -1.55. The third-order valence-electron chi connectivity index (χ3n) is 3.46. The number of likely N-dealkylation sites (N-methyl/N-ethyl adjacent to an activating group) is 1. The van der Waals surface area contributed by atoms with Crippen molar-refractivity contribution in [3.8, 4) is 0 Å². The topological polar surface area (TPSA) is 53.6 Å². The fraction of sp³-hybridized carbons (Fsp3) is 0.533. The smallest absolute Gasteiger partial charge is 0.193 e. The number of guanidine groups is 1. The van der Waals surface area contributed by atoms with Crippen LogP contribution >= 0.6 is 0 Å². The van der Waals surface area contributed by atoms with Gasteiger partial charge in [0.1, 0.15) is 0 Å². The molecule has 0 unspecified atom stereocenters. The zero-order valence-corrected chi connectivity index (χ0v) is 11.9. The molecule has 0 bridgehead atoms. The predicted octanol–water partition coefficient (Wildman–Crippen LogP) is 2.21. The fourth-order valence-electron chi connectivity index (χ4n) is 2.16. The summed E-state index contributed by atoms with van der Waals surface area (Å²) < 4.78 is 0. The molecule has 0 spiro atoms. The maximum absolute atomic E-state index is 5.88. The SMILES string of the molecule is CCN(CCN=C(N)Nc1ccc(C)cc1)C1CC1. The van der Waals surface area contributed by atoms with Gasteiger partial charge in [0, 0.05) is 18.3 Å². The van der Waals surface area contributed by atoms with E-state index in [1.807, 2.05) is 12.1 Å². The lowest BCUT2D eigenvalue weighted by atomic mass is 10.2. The van der Waals surface area contributed by atoms with E-state index in [-0.39, 0.29) is 0 Å². The molecular weight excluding hydrogens is 236 g/mol. The number of nitrogens with two attached hydrogens (primary N) is 1. The third-order valence-corrected chi connectivity index (χ3v) is 3.46. The van der Waals surface area contributed by atoms with Gasteiger partial charge in [0.15, 0.2) is 5.96 Å². The number of nitrogens with zero attached hydrogens (tertiary/aromatic N) is 2. The lowest BCUT2D eigenvalue weighted by Gasteiger charge is -2.18. The van der Waals surface area contributed by atoms with Crippen molar-refractivity contribution in [1.82, 2.24) is 4.90 Å². The molecule has 1 aliphatic carbocycles. The van der Waals surface area contributed by atoms with Gasteiger partial charge >= 0.3 is 0 Å². The van der Waals surface area contributed by atoms with E-state index in [0.717, 1.165) is 31.4 Å². The van der Waals surface area contributed by atoms with Gasteiger partial charge in [0.2, 0.25) is 0 Å². The van der Waals surface area contributed by atoms with Gasteiger partial charge in [-0.25, -0.2) is 0 Å². The van der Waals surface area contributed by atoms with Crippen molar-refractivity contribution < 1.29 is 0 Å². The predicted molar refractivity (Wildman–Crippen MR) is 81.6 cm³/mol. The second-order valence-corrected chi connectivity index (χ2v) is 5.12. The molecule has 0 aliphatic heterocycles. The van der Waals surface area contributed by atoms with Crippen LogP contribution in [0.5, 0.6) is 0 Å². The van der Waals surface area contributed by atoms with E-state index in [9.17, 15) is 0 Å². The van der Waals surface area contributed by atoms with Crippen molar-refractivity contribution >= 4 is 11.6 Å². The van der Waals surface area contributed by atoms with Crippen LogP contribution in [0.4, 0.5) is 5.69 Å². The van der Waals surface area contributed by atoms with Gasteiger partial charge in [-0.2, -0.15) is 0 Å². The lowest BCUT2D eigenvalue weighted by molar-refractivity contribution is 0.286. The first kappa shape index (κ1) is 13.9. The van der Waals surface area contributed by atoms with E-state index < -0.39 is 0 Å². The number of hydrogen-bond acceptors (Lipinski definition) is 2. The number of anilines is 1. The summed E-state index contributed by atoms with van der Waals surface area (Å²) in [6.07, 6.45) is 2.68. The van der Waals surface area contributed by atoms with Crippen LogP contribution in [-0.2, 0) is 0 Å². The largest absolute Gasteiger partial charge is 0.370 e. The number of hydrogen-bond donors (Lipinski definition) is 2. The minimum Gasteiger partial charge on any atom is -0.370 e. The van der Waals surface area contributed by atoms with Crippen molar-refractivity contribution in [2.24, 2.45) is 10.7 Å². The Balaban J connectivity index is 1.77. The molecule has 1 aromatic carbocycles. The van der Waals surface area contributed by atoms with E-state index in [1.165, 1.54) is 18.4 Å². The number of aliphatic imine (C=N–C) groups is 1. The van der Waals surface area contributed by atoms with E-state index in [4.69, 9.17) is 5.73 Å². The molecule has 0 radical (unpaired) electrons. The van der Waals surface area contributed by atoms with Crippen LogP contribution in [0.1, 0.15) is 25.3 Å². The Bertz CT molecular complexity index is 420. The van der Waals surface area contributed by atoms with Crippen LogP contribution in [0.2, 0.25) is 0 Å². The molecular formula is C15H24N4. The van der Waals surface area contributed by atoms with Crippen LogP contribution in [0.25, 0.3) is 0 Å². The molecule has 1 saturated carbocycles. The normalized spacial score (nSPS) is 15.8. The maximum Gasteiger partial charge on any atom is 0.193 e. The Labute approximate surface area is 115 Å². The Morgan fingerprint density at radius 3 is 2.63 bits per heavy atom. The summed E-state index contributed by atoms with van der Waals surface area (Å²) >= 11 is 0. The summed E-state index contributed by atoms with van der Waals surface area (Å²) in [5.74, 6) is 0.496. The van der Waals surface area contributed by atoms with Gasteiger partial charge in [-0.3, -0.25) is 9.89 Å². The van der Waals surface area contributed by atoms with Crippen molar-refractivity contribution in [3.05, 3.63) is 29.8 Å². The Morgan fingerprint density at radius 1 is 1.37 bits per heavy atom. The van der Waals surface area contributed by atoms with Crippen molar-refractivity contribution in [2.45, 2.75) is 32.7 Å². The summed E-state index contributed by atoms with van der Waals surface area (Å²) in [6.45, 7) is 7.13. The average Bonchev–Trinajstić information content (AvgIpc) is 3.22. The number of aryl methyl sites for hydroxylation is 1. The Morgan fingerprint density at radius 2 is 2.05 bits per heavy atom. The van der Waals surface area contributed by atoms with Gasteiger partial charge in [0.25, 0.3) is 0 Å². The quantitative estimate of drug-likeness (QED) is 0.609. The molecule has 3 N–H and O–H groups in total. The maximum atomic E-state index is 5.88. The van der Waals surface area contributed by atoms with Crippen LogP contribution < -0.4 is 11.1 Å². The van der Waals surface area contributed by atoms with Crippen LogP contribution in [-0.4, -0.2) is 36.5 Å². The molecule has 2 rings (SSSR count). The fourth-order valence-corrected chi connectivity index (χ4v) is 2.16. The van der Waals surface area contributed by atoms with E-state index in [0.29, 0.717) is 5.96 Å². The molecule has 0 saturated heterocycles. The highest BCUT2D eigenvalue weighted by Gasteiger charge is 2.26. The first-order valence-electron chi connectivity index (χ1n) is 7.06. The van der Waals surface area contributed by atoms with Crippen LogP contribution in [0.3, 0.4) is 0 Å². The minimum atomic E-state index is 0.496.